The molecular formula is C28H39N3. The highest BCUT2D eigenvalue weighted by Gasteiger charge is 2.54. The molecule has 2 aromatic rings. The molecule has 1 spiro atoms. The van der Waals surface area contributed by atoms with Gasteiger partial charge in [0, 0.05) is 45.0 Å². The Morgan fingerprint density at radius 1 is 0.710 bits per heavy atom. The maximum atomic E-state index is 2.73. The van der Waals surface area contributed by atoms with Crippen LogP contribution in [0.15, 0.2) is 60.7 Å². The van der Waals surface area contributed by atoms with Gasteiger partial charge in [0.05, 0.1) is 0 Å². The fourth-order valence-electron chi connectivity index (χ4n) is 6.03. The Bertz CT molecular complexity index is 790. The molecule has 1 saturated carbocycles. The minimum Gasteiger partial charge on any atom is -0.371 e. The average Bonchev–Trinajstić information content (AvgIpc) is 3.51. The van der Waals surface area contributed by atoms with Gasteiger partial charge in [-0.1, -0.05) is 48.5 Å². The molecule has 1 unspecified atom stereocenters. The van der Waals surface area contributed by atoms with E-state index in [2.05, 4.69) is 75.4 Å². The van der Waals surface area contributed by atoms with Crippen LogP contribution in [-0.4, -0.2) is 62.2 Å². The third-order valence-electron chi connectivity index (χ3n) is 8.28. The maximum Gasteiger partial charge on any atom is 0.0366 e. The van der Waals surface area contributed by atoms with Gasteiger partial charge in [0.25, 0.3) is 0 Å². The lowest BCUT2D eigenvalue weighted by atomic mass is 9.89. The Morgan fingerprint density at radius 3 is 2.00 bits per heavy atom. The highest BCUT2D eigenvalue weighted by atomic mass is 15.3. The SMILES string of the molecule is c1ccc(CCCN2CCN(CCC3CC34CCN(c3ccccc3)CC4)CC2)cc1. The van der Waals surface area contributed by atoms with Gasteiger partial charge < -0.3 is 14.7 Å². The number of hydrogen-bond acceptors (Lipinski definition) is 3. The molecule has 3 aliphatic rings. The number of aryl methyl sites for hydroxylation is 1. The van der Waals surface area contributed by atoms with E-state index in [-0.39, 0.29) is 0 Å². The minimum absolute atomic E-state index is 0.699. The molecule has 0 radical (unpaired) electrons. The average molecular weight is 418 g/mol. The predicted molar refractivity (Wildman–Crippen MR) is 131 cm³/mol. The predicted octanol–water partition coefficient (Wildman–Crippen LogP) is 4.93. The van der Waals surface area contributed by atoms with Gasteiger partial charge >= 0.3 is 0 Å². The Kier molecular flexibility index (Phi) is 6.61. The highest BCUT2D eigenvalue weighted by Crippen LogP contribution is 2.61. The molecule has 0 N–H and O–H groups in total. The lowest BCUT2D eigenvalue weighted by Gasteiger charge is -2.36. The van der Waals surface area contributed by atoms with Gasteiger partial charge in [-0.25, -0.2) is 0 Å². The van der Waals surface area contributed by atoms with E-state index in [1.54, 1.807) is 0 Å². The van der Waals surface area contributed by atoms with E-state index >= 15 is 0 Å². The number of piperazine rings is 1. The molecule has 2 aromatic carbocycles. The third-order valence-corrected chi connectivity index (χ3v) is 8.28. The molecule has 0 amide bonds. The summed E-state index contributed by atoms with van der Waals surface area (Å²) in [5.41, 5.74) is 3.59. The molecule has 2 heterocycles. The van der Waals surface area contributed by atoms with Crippen LogP contribution in [0.4, 0.5) is 5.69 Å². The Morgan fingerprint density at radius 2 is 1.32 bits per heavy atom. The van der Waals surface area contributed by atoms with Crippen LogP contribution in [0.3, 0.4) is 0 Å². The fourth-order valence-corrected chi connectivity index (χ4v) is 6.03. The molecule has 2 aliphatic heterocycles. The van der Waals surface area contributed by atoms with Crippen molar-refractivity contribution in [2.75, 3.05) is 57.3 Å². The van der Waals surface area contributed by atoms with E-state index in [4.69, 9.17) is 0 Å². The summed E-state index contributed by atoms with van der Waals surface area (Å²) in [6, 6.07) is 21.9. The van der Waals surface area contributed by atoms with E-state index in [1.165, 1.54) is 102 Å². The Labute approximate surface area is 189 Å². The van der Waals surface area contributed by atoms with Crippen molar-refractivity contribution in [1.29, 1.82) is 0 Å². The van der Waals surface area contributed by atoms with Crippen LogP contribution in [0.5, 0.6) is 0 Å². The molecule has 2 saturated heterocycles. The van der Waals surface area contributed by atoms with Crippen molar-refractivity contribution in [2.45, 2.75) is 38.5 Å². The largest absolute Gasteiger partial charge is 0.371 e. The molecule has 3 fully saturated rings. The summed E-state index contributed by atoms with van der Waals surface area (Å²) in [7, 11) is 0. The lowest BCUT2D eigenvalue weighted by molar-refractivity contribution is 0.127. The first kappa shape index (κ1) is 21.0. The summed E-state index contributed by atoms with van der Waals surface area (Å²) in [6.07, 6.45) is 8.24. The van der Waals surface area contributed by atoms with Gasteiger partial charge in [-0.3, -0.25) is 0 Å². The van der Waals surface area contributed by atoms with E-state index < -0.39 is 0 Å². The van der Waals surface area contributed by atoms with Crippen LogP contribution in [0.2, 0.25) is 0 Å². The van der Waals surface area contributed by atoms with Crippen LogP contribution in [0.25, 0.3) is 0 Å². The molecule has 3 nitrogen and oxygen atoms in total. The number of rotatable bonds is 8. The van der Waals surface area contributed by atoms with Crippen molar-refractivity contribution in [3.05, 3.63) is 66.2 Å². The summed E-state index contributed by atoms with van der Waals surface area (Å²) < 4.78 is 0. The second-order valence-electron chi connectivity index (χ2n) is 10.1. The zero-order chi connectivity index (χ0) is 20.9. The van der Waals surface area contributed by atoms with Gasteiger partial charge in [0.2, 0.25) is 0 Å². The second kappa shape index (κ2) is 9.75. The number of nitrogens with zero attached hydrogens (tertiary/aromatic N) is 3. The molecule has 1 atom stereocenters. The number of benzene rings is 2. The number of piperidine rings is 1. The van der Waals surface area contributed by atoms with Crippen molar-refractivity contribution < 1.29 is 0 Å². The van der Waals surface area contributed by atoms with E-state index in [1.807, 2.05) is 0 Å². The van der Waals surface area contributed by atoms with Crippen molar-refractivity contribution in [3.63, 3.8) is 0 Å². The Balaban J connectivity index is 0.967. The normalized spacial score (nSPS) is 23.9. The van der Waals surface area contributed by atoms with Gasteiger partial charge in [-0.05, 0) is 80.6 Å². The molecule has 1 aliphatic carbocycles. The zero-order valence-electron chi connectivity index (χ0n) is 19.1. The topological polar surface area (TPSA) is 9.72 Å². The number of anilines is 1. The molecule has 0 bridgehead atoms. The minimum atomic E-state index is 0.699. The molecule has 166 valence electrons. The number of hydrogen-bond donors (Lipinski definition) is 0. The second-order valence-corrected chi connectivity index (χ2v) is 10.1. The first-order valence-electron chi connectivity index (χ1n) is 12.6. The summed E-state index contributed by atoms with van der Waals surface area (Å²) in [5.74, 6) is 0.995. The Hall–Kier alpha value is -1.84. The van der Waals surface area contributed by atoms with Crippen LogP contribution < -0.4 is 4.90 Å². The van der Waals surface area contributed by atoms with Crippen molar-refractivity contribution in [3.8, 4) is 0 Å². The molecular weight excluding hydrogens is 378 g/mol. The molecule has 3 heteroatoms. The maximum absolute atomic E-state index is 2.73. The zero-order valence-corrected chi connectivity index (χ0v) is 19.1. The van der Waals surface area contributed by atoms with Crippen LogP contribution in [0.1, 0.15) is 37.7 Å². The monoisotopic (exact) mass is 417 g/mol. The first-order chi connectivity index (χ1) is 15.3. The highest BCUT2D eigenvalue weighted by molar-refractivity contribution is 5.46. The summed E-state index contributed by atoms with van der Waals surface area (Å²) in [6.45, 7) is 10.1. The lowest BCUT2D eigenvalue weighted by Crippen LogP contribution is -2.47. The van der Waals surface area contributed by atoms with Gasteiger partial charge in [-0.2, -0.15) is 0 Å². The van der Waals surface area contributed by atoms with E-state index in [9.17, 15) is 0 Å². The summed E-state index contributed by atoms with van der Waals surface area (Å²) >= 11 is 0. The summed E-state index contributed by atoms with van der Waals surface area (Å²) in [5, 5.41) is 0. The molecule has 5 rings (SSSR count). The van der Waals surface area contributed by atoms with Crippen LogP contribution >= 0.6 is 0 Å². The quantitative estimate of drug-likeness (QED) is 0.603. The van der Waals surface area contributed by atoms with Gasteiger partial charge in [-0.15, -0.1) is 0 Å². The number of para-hydroxylation sites is 1. The van der Waals surface area contributed by atoms with E-state index in [0.717, 1.165) is 5.92 Å². The smallest absolute Gasteiger partial charge is 0.0366 e. The summed E-state index contributed by atoms with van der Waals surface area (Å²) in [4.78, 5) is 8.01. The van der Waals surface area contributed by atoms with Gasteiger partial charge in [0.1, 0.15) is 0 Å². The van der Waals surface area contributed by atoms with Crippen molar-refractivity contribution in [2.24, 2.45) is 11.3 Å². The van der Waals surface area contributed by atoms with Crippen LogP contribution in [-0.2, 0) is 6.42 Å². The fraction of sp³-hybridized carbons (Fsp3) is 0.571. The van der Waals surface area contributed by atoms with E-state index in [0.29, 0.717) is 5.41 Å². The van der Waals surface area contributed by atoms with Crippen LogP contribution in [0, 0.1) is 11.3 Å². The third kappa shape index (κ3) is 5.32. The molecule has 0 aromatic heterocycles. The van der Waals surface area contributed by atoms with Gasteiger partial charge in [0.15, 0.2) is 0 Å². The van der Waals surface area contributed by atoms with Crippen molar-refractivity contribution in [1.82, 2.24) is 9.80 Å². The standard InChI is InChI=1S/C28H39N3/c1-3-8-25(9-4-1)10-7-16-29-20-22-30(23-21-29)17-13-26-24-28(26)14-18-31(19-15-28)27-11-5-2-6-12-27/h1-6,8-9,11-12,26H,7,10,13-24H2. The molecule has 31 heavy (non-hydrogen) atoms. The first-order valence-corrected chi connectivity index (χ1v) is 12.6. The van der Waals surface area contributed by atoms with Crippen molar-refractivity contribution >= 4 is 5.69 Å².